The summed E-state index contributed by atoms with van der Waals surface area (Å²) in [6, 6.07) is 9.20. The maximum atomic E-state index is 9.18. The smallest absolute Gasteiger partial charge is 0.103 e. The lowest BCUT2D eigenvalue weighted by atomic mass is 10.1. The van der Waals surface area contributed by atoms with Gasteiger partial charge in [-0.2, -0.15) is 5.26 Å². The molecule has 14 heavy (non-hydrogen) atoms. The Morgan fingerprint density at radius 2 is 2.07 bits per heavy atom. The molecule has 1 N–H and O–H groups in total. The van der Waals surface area contributed by atoms with E-state index >= 15 is 0 Å². The first-order chi connectivity index (χ1) is 6.72. The number of halogens is 1. The van der Waals surface area contributed by atoms with Gasteiger partial charge in [-0.05, 0) is 24.1 Å². The number of allylic oxidation sites excluding steroid dienone is 2. The Hall–Kier alpha value is -1.46. The molecule has 0 aliphatic rings. The molecule has 1 rings (SSSR count). The van der Waals surface area contributed by atoms with Gasteiger partial charge in [-0.25, -0.2) is 0 Å². The number of aryl methyl sites for hydroxylation is 1. The number of aliphatic hydroxyl groups excluding tert-OH is 1. The third-order valence-corrected chi connectivity index (χ3v) is 2.07. The van der Waals surface area contributed by atoms with E-state index in [4.69, 9.17) is 16.9 Å². The zero-order valence-corrected chi connectivity index (χ0v) is 8.33. The van der Waals surface area contributed by atoms with Crippen molar-refractivity contribution in [3.63, 3.8) is 0 Å². The van der Waals surface area contributed by atoms with Crippen molar-refractivity contribution < 1.29 is 5.11 Å². The van der Waals surface area contributed by atoms with Gasteiger partial charge in [-0.1, -0.05) is 23.7 Å². The molecule has 0 aliphatic carbocycles. The SMILES string of the molecule is N#C/C=C(\O)CCc1ccc(Cl)cc1. The molecule has 3 heteroatoms. The van der Waals surface area contributed by atoms with E-state index in [0.29, 0.717) is 17.9 Å². The van der Waals surface area contributed by atoms with Crippen molar-refractivity contribution in [2.24, 2.45) is 0 Å². The Balaban J connectivity index is 2.51. The van der Waals surface area contributed by atoms with Crippen LogP contribution in [0.1, 0.15) is 12.0 Å². The molecule has 0 amide bonds. The first kappa shape index (κ1) is 10.6. The molecule has 1 aromatic carbocycles. The molecule has 0 atom stereocenters. The van der Waals surface area contributed by atoms with Gasteiger partial charge in [-0.3, -0.25) is 0 Å². The van der Waals surface area contributed by atoms with Crippen LogP contribution in [0, 0.1) is 11.3 Å². The number of rotatable bonds is 3. The van der Waals surface area contributed by atoms with Crippen LogP contribution in [0.5, 0.6) is 0 Å². The topological polar surface area (TPSA) is 44.0 Å². The summed E-state index contributed by atoms with van der Waals surface area (Å²) in [7, 11) is 0. The summed E-state index contributed by atoms with van der Waals surface area (Å²) in [5.74, 6) is 0.113. The zero-order valence-electron chi connectivity index (χ0n) is 7.57. The Kier molecular flexibility index (Phi) is 4.03. The van der Waals surface area contributed by atoms with Crippen molar-refractivity contribution in [1.29, 1.82) is 5.26 Å². The van der Waals surface area contributed by atoms with Gasteiger partial charge >= 0.3 is 0 Å². The first-order valence-electron chi connectivity index (χ1n) is 4.24. The molecular weight excluding hydrogens is 198 g/mol. The largest absolute Gasteiger partial charge is 0.512 e. The monoisotopic (exact) mass is 207 g/mol. The molecule has 0 saturated carbocycles. The van der Waals surface area contributed by atoms with Crippen LogP contribution in [0.4, 0.5) is 0 Å². The Morgan fingerprint density at radius 3 is 2.64 bits per heavy atom. The Labute approximate surface area is 88.1 Å². The highest BCUT2D eigenvalue weighted by Crippen LogP contribution is 2.12. The lowest BCUT2D eigenvalue weighted by Crippen LogP contribution is -1.87. The third-order valence-electron chi connectivity index (χ3n) is 1.81. The van der Waals surface area contributed by atoms with E-state index in [1.54, 1.807) is 6.07 Å². The van der Waals surface area contributed by atoms with E-state index in [-0.39, 0.29) is 5.76 Å². The van der Waals surface area contributed by atoms with Crippen LogP contribution in [-0.4, -0.2) is 5.11 Å². The summed E-state index contributed by atoms with van der Waals surface area (Å²) >= 11 is 5.72. The minimum absolute atomic E-state index is 0.113. The maximum absolute atomic E-state index is 9.18. The van der Waals surface area contributed by atoms with E-state index in [1.807, 2.05) is 24.3 Å². The average Bonchev–Trinajstić information content (AvgIpc) is 2.17. The van der Waals surface area contributed by atoms with Gasteiger partial charge in [0.05, 0.1) is 12.1 Å². The highest BCUT2D eigenvalue weighted by Gasteiger charge is 1.96. The predicted octanol–water partition coefficient (Wildman–Crippen LogP) is 3.24. The molecule has 0 fully saturated rings. The van der Waals surface area contributed by atoms with Crippen molar-refractivity contribution in [3.05, 3.63) is 46.7 Å². The highest BCUT2D eigenvalue weighted by atomic mass is 35.5. The zero-order chi connectivity index (χ0) is 10.4. The second kappa shape index (κ2) is 5.31. The minimum atomic E-state index is 0.113. The molecule has 0 radical (unpaired) electrons. The van der Waals surface area contributed by atoms with Crippen molar-refractivity contribution in [3.8, 4) is 6.07 Å². The average molecular weight is 208 g/mol. The summed E-state index contributed by atoms with van der Waals surface area (Å²) < 4.78 is 0. The second-order valence-corrected chi connectivity index (χ2v) is 3.33. The Bertz CT molecular complexity index is 362. The summed E-state index contributed by atoms with van der Waals surface area (Å²) in [6.07, 6.45) is 2.34. The van der Waals surface area contributed by atoms with E-state index < -0.39 is 0 Å². The van der Waals surface area contributed by atoms with Crippen LogP contribution in [-0.2, 0) is 6.42 Å². The standard InChI is InChI=1S/C11H10ClNO/c12-10-4-1-9(2-5-10)3-6-11(14)7-8-13/h1-2,4-5,7,14H,3,6H2/b11-7-. The van der Waals surface area contributed by atoms with Gasteiger partial charge in [0.1, 0.15) is 5.76 Å². The number of benzene rings is 1. The van der Waals surface area contributed by atoms with Gasteiger partial charge in [0.25, 0.3) is 0 Å². The first-order valence-corrected chi connectivity index (χ1v) is 4.62. The molecule has 0 spiro atoms. The molecule has 0 aliphatic heterocycles. The Morgan fingerprint density at radius 1 is 1.43 bits per heavy atom. The number of hydrogen-bond donors (Lipinski definition) is 1. The summed E-state index contributed by atoms with van der Waals surface area (Å²) in [5, 5.41) is 18.1. The molecule has 72 valence electrons. The molecular formula is C11H10ClNO. The van der Waals surface area contributed by atoms with E-state index in [1.165, 1.54) is 0 Å². The molecule has 0 bridgehead atoms. The molecule has 2 nitrogen and oxygen atoms in total. The van der Waals surface area contributed by atoms with Crippen molar-refractivity contribution in [2.45, 2.75) is 12.8 Å². The van der Waals surface area contributed by atoms with Crippen LogP contribution in [0.2, 0.25) is 5.02 Å². The van der Waals surface area contributed by atoms with E-state index in [0.717, 1.165) is 11.6 Å². The van der Waals surface area contributed by atoms with Crippen molar-refractivity contribution in [1.82, 2.24) is 0 Å². The number of nitriles is 1. The molecule has 0 saturated heterocycles. The number of nitrogens with zero attached hydrogens (tertiary/aromatic N) is 1. The number of aliphatic hydroxyl groups is 1. The summed E-state index contributed by atoms with van der Waals surface area (Å²) in [6.45, 7) is 0. The summed E-state index contributed by atoms with van der Waals surface area (Å²) in [4.78, 5) is 0. The van der Waals surface area contributed by atoms with Crippen molar-refractivity contribution in [2.75, 3.05) is 0 Å². The fraction of sp³-hybridized carbons (Fsp3) is 0.182. The summed E-state index contributed by atoms with van der Waals surface area (Å²) in [5.41, 5.74) is 1.09. The molecule has 0 aromatic heterocycles. The minimum Gasteiger partial charge on any atom is -0.512 e. The second-order valence-electron chi connectivity index (χ2n) is 2.89. The normalized spacial score (nSPS) is 11.0. The molecule has 1 aromatic rings. The maximum Gasteiger partial charge on any atom is 0.103 e. The van der Waals surface area contributed by atoms with Gasteiger partial charge in [0.2, 0.25) is 0 Å². The molecule has 0 unspecified atom stereocenters. The predicted molar refractivity (Wildman–Crippen MR) is 56.1 cm³/mol. The lowest BCUT2D eigenvalue weighted by Gasteiger charge is -2.00. The van der Waals surface area contributed by atoms with E-state index in [2.05, 4.69) is 0 Å². The third kappa shape index (κ3) is 3.51. The highest BCUT2D eigenvalue weighted by molar-refractivity contribution is 6.30. The van der Waals surface area contributed by atoms with Gasteiger partial charge < -0.3 is 5.11 Å². The fourth-order valence-electron chi connectivity index (χ4n) is 1.07. The van der Waals surface area contributed by atoms with Crippen molar-refractivity contribution >= 4 is 11.6 Å². The van der Waals surface area contributed by atoms with Crippen LogP contribution in [0.15, 0.2) is 36.1 Å². The van der Waals surface area contributed by atoms with Crippen LogP contribution in [0.25, 0.3) is 0 Å². The fourth-order valence-corrected chi connectivity index (χ4v) is 1.20. The van der Waals surface area contributed by atoms with Crippen LogP contribution >= 0.6 is 11.6 Å². The quantitative estimate of drug-likeness (QED) is 0.611. The van der Waals surface area contributed by atoms with Crippen LogP contribution in [0.3, 0.4) is 0 Å². The van der Waals surface area contributed by atoms with Gasteiger partial charge in [0, 0.05) is 11.4 Å². The van der Waals surface area contributed by atoms with Crippen LogP contribution < -0.4 is 0 Å². The molecule has 0 heterocycles. The van der Waals surface area contributed by atoms with Gasteiger partial charge in [0.15, 0.2) is 0 Å². The lowest BCUT2D eigenvalue weighted by molar-refractivity contribution is 0.389. The van der Waals surface area contributed by atoms with Gasteiger partial charge in [-0.15, -0.1) is 0 Å². The van der Waals surface area contributed by atoms with E-state index in [9.17, 15) is 5.11 Å². The number of hydrogen-bond acceptors (Lipinski definition) is 2.